The van der Waals surface area contributed by atoms with E-state index in [4.69, 9.17) is 10.5 Å². The predicted octanol–water partition coefficient (Wildman–Crippen LogP) is 3.44. The van der Waals surface area contributed by atoms with Crippen LogP contribution < -0.4 is 11.1 Å². The third-order valence-electron chi connectivity index (χ3n) is 4.18. The van der Waals surface area contributed by atoms with E-state index in [2.05, 4.69) is 12.2 Å². The van der Waals surface area contributed by atoms with Crippen molar-refractivity contribution in [3.8, 4) is 0 Å². The molecular formula is C16H24N2O2. The van der Waals surface area contributed by atoms with E-state index in [0.717, 1.165) is 5.69 Å². The van der Waals surface area contributed by atoms with Gasteiger partial charge in [-0.05, 0) is 37.0 Å². The molecule has 0 aromatic heterocycles. The maximum atomic E-state index is 11.5. The van der Waals surface area contributed by atoms with Gasteiger partial charge in [0.05, 0.1) is 24.0 Å². The minimum Gasteiger partial charge on any atom is -0.465 e. The van der Waals surface area contributed by atoms with Crippen LogP contribution in [0.3, 0.4) is 0 Å². The minimum atomic E-state index is -0.355. The molecule has 2 rings (SSSR count). The average Bonchev–Trinajstić information content (AvgIpc) is 2.65. The first kappa shape index (κ1) is 14.7. The van der Waals surface area contributed by atoms with Crippen molar-refractivity contribution >= 4 is 17.3 Å². The Kier molecular flexibility index (Phi) is 4.88. The third kappa shape index (κ3) is 3.44. The van der Waals surface area contributed by atoms with Crippen LogP contribution in [0, 0.1) is 5.92 Å². The van der Waals surface area contributed by atoms with E-state index in [1.165, 1.54) is 39.2 Å². The molecule has 0 aliphatic heterocycles. The number of anilines is 2. The minimum absolute atomic E-state index is 0.355. The summed E-state index contributed by atoms with van der Waals surface area (Å²) in [6, 6.07) is 5.77. The number of nitrogen functional groups attached to an aromatic ring is 1. The van der Waals surface area contributed by atoms with Crippen LogP contribution >= 0.6 is 0 Å². The molecule has 0 amide bonds. The number of ether oxygens (including phenoxy) is 1. The van der Waals surface area contributed by atoms with Crippen molar-refractivity contribution in [3.05, 3.63) is 23.8 Å². The summed E-state index contributed by atoms with van der Waals surface area (Å²) in [6.45, 7) is 2.29. The van der Waals surface area contributed by atoms with Crippen LogP contribution in [0.5, 0.6) is 0 Å². The highest BCUT2D eigenvalue weighted by Gasteiger charge is 2.20. The maximum Gasteiger partial charge on any atom is 0.337 e. The summed E-state index contributed by atoms with van der Waals surface area (Å²) in [4.78, 5) is 11.5. The Balaban J connectivity index is 2.10. The van der Waals surface area contributed by atoms with Crippen molar-refractivity contribution in [1.82, 2.24) is 0 Å². The molecular weight excluding hydrogens is 252 g/mol. The fourth-order valence-electron chi connectivity index (χ4n) is 2.85. The number of esters is 1. The number of nitrogens with two attached hydrogens (primary N) is 1. The molecule has 4 heteroatoms. The first-order valence-corrected chi connectivity index (χ1v) is 7.36. The number of benzene rings is 1. The molecule has 0 bridgehead atoms. The second-order valence-electron chi connectivity index (χ2n) is 5.66. The van der Waals surface area contributed by atoms with Crippen molar-refractivity contribution in [2.24, 2.45) is 5.92 Å². The zero-order valence-corrected chi connectivity index (χ0v) is 12.3. The van der Waals surface area contributed by atoms with Gasteiger partial charge in [0.1, 0.15) is 0 Å². The molecule has 1 fully saturated rings. The highest BCUT2D eigenvalue weighted by Crippen LogP contribution is 2.28. The maximum absolute atomic E-state index is 11.5. The summed E-state index contributed by atoms with van der Waals surface area (Å²) >= 11 is 0. The Morgan fingerprint density at radius 3 is 2.75 bits per heavy atom. The van der Waals surface area contributed by atoms with E-state index in [-0.39, 0.29) is 5.97 Å². The van der Waals surface area contributed by atoms with Gasteiger partial charge >= 0.3 is 5.97 Å². The largest absolute Gasteiger partial charge is 0.465 e. The number of hydrogen-bond acceptors (Lipinski definition) is 4. The Labute approximate surface area is 120 Å². The lowest BCUT2D eigenvalue weighted by Crippen LogP contribution is -2.26. The third-order valence-corrected chi connectivity index (χ3v) is 4.18. The van der Waals surface area contributed by atoms with Crippen LogP contribution in [0.25, 0.3) is 0 Å². The van der Waals surface area contributed by atoms with Gasteiger partial charge in [-0.25, -0.2) is 4.79 Å². The molecule has 110 valence electrons. The van der Waals surface area contributed by atoms with Crippen LogP contribution in [0.4, 0.5) is 11.4 Å². The molecule has 1 saturated carbocycles. The molecule has 0 saturated heterocycles. The lowest BCUT2D eigenvalue weighted by molar-refractivity contribution is 0.0601. The van der Waals surface area contributed by atoms with Crippen molar-refractivity contribution < 1.29 is 9.53 Å². The number of hydrogen-bond donors (Lipinski definition) is 2. The number of methoxy groups -OCH3 is 1. The highest BCUT2D eigenvalue weighted by atomic mass is 16.5. The predicted molar refractivity (Wildman–Crippen MR) is 81.9 cm³/mol. The SMILES string of the molecule is COC(=O)c1ccc(NC2CCCCCC2C)c(N)c1. The lowest BCUT2D eigenvalue weighted by atomic mass is 9.96. The molecule has 2 unspecified atom stereocenters. The number of carbonyl (C=O) groups is 1. The van der Waals surface area contributed by atoms with Gasteiger partial charge in [0.2, 0.25) is 0 Å². The van der Waals surface area contributed by atoms with Gasteiger partial charge in [0.15, 0.2) is 0 Å². The van der Waals surface area contributed by atoms with E-state index >= 15 is 0 Å². The smallest absolute Gasteiger partial charge is 0.337 e. The molecule has 2 atom stereocenters. The fraction of sp³-hybridized carbons (Fsp3) is 0.562. The zero-order chi connectivity index (χ0) is 14.5. The second kappa shape index (κ2) is 6.64. The fourth-order valence-corrected chi connectivity index (χ4v) is 2.85. The molecule has 4 nitrogen and oxygen atoms in total. The molecule has 0 spiro atoms. The summed E-state index contributed by atoms with van der Waals surface area (Å²) in [6.07, 6.45) is 6.34. The Morgan fingerprint density at radius 1 is 1.30 bits per heavy atom. The van der Waals surface area contributed by atoms with Crippen LogP contribution in [-0.2, 0) is 4.74 Å². The summed E-state index contributed by atoms with van der Waals surface area (Å²) < 4.78 is 4.70. The molecule has 0 heterocycles. The lowest BCUT2D eigenvalue weighted by Gasteiger charge is -2.25. The summed E-state index contributed by atoms with van der Waals surface area (Å²) in [5, 5.41) is 3.55. The van der Waals surface area contributed by atoms with E-state index in [0.29, 0.717) is 23.2 Å². The number of rotatable bonds is 3. The van der Waals surface area contributed by atoms with Crippen molar-refractivity contribution in [1.29, 1.82) is 0 Å². The average molecular weight is 276 g/mol. The van der Waals surface area contributed by atoms with Crippen molar-refractivity contribution in [2.75, 3.05) is 18.2 Å². The monoisotopic (exact) mass is 276 g/mol. The topological polar surface area (TPSA) is 64.3 Å². The van der Waals surface area contributed by atoms with Crippen LogP contribution in [-0.4, -0.2) is 19.1 Å². The number of nitrogens with one attached hydrogen (secondary N) is 1. The van der Waals surface area contributed by atoms with Gasteiger partial charge in [-0.3, -0.25) is 0 Å². The van der Waals surface area contributed by atoms with Crippen LogP contribution in [0.15, 0.2) is 18.2 Å². The first-order chi connectivity index (χ1) is 9.61. The van der Waals surface area contributed by atoms with E-state index < -0.39 is 0 Å². The quantitative estimate of drug-likeness (QED) is 0.504. The number of carbonyl (C=O) groups excluding carboxylic acids is 1. The van der Waals surface area contributed by atoms with Gasteiger partial charge in [-0.1, -0.05) is 26.2 Å². The van der Waals surface area contributed by atoms with Gasteiger partial charge in [0.25, 0.3) is 0 Å². The summed E-state index contributed by atoms with van der Waals surface area (Å²) in [5.74, 6) is 0.295. The normalized spacial score (nSPS) is 22.9. The van der Waals surface area contributed by atoms with Gasteiger partial charge in [-0.2, -0.15) is 0 Å². The Bertz CT molecular complexity index is 474. The Hall–Kier alpha value is -1.71. The van der Waals surface area contributed by atoms with E-state index in [1.807, 2.05) is 6.07 Å². The van der Waals surface area contributed by atoms with Gasteiger partial charge in [0, 0.05) is 6.04 Å². The second-order valence-corrected chi connectivity index (χ2v) is 5.66. The van der Waals surface area contributed by atoms with Crippen molar-refractivity contribution in [2.45, 2.75) is 45.1 Å². The molecule has 1 aliphatic carbocycles. The van der Waals surface area contributed by atoms with Gasteiger partial charge in [-0.15, -0.1) is 0 Å². The van der Waals surface area contributed by atoms with Crippen molar-refractivity contribution in [3.63, 3.8) is 0 Å². The molecule has 0 radical (unpaired) electrons. The standard InChI is InChI=1S/C16H24N2O2/c1-11-6-4-3-5-7-14(11)18-15-9-8-12(10-13(15)17)16(19)20-2/h8-11,14,18H,3-7,17H2,1-2H3. The summed E-state index contributed by atoms with van der Waals surface area (Å²) in [5.41, 5.74) is 8.05. The molecule has 1 aromatic rings. The summed E-state index contributed by atoms with van der Waals surface area (Å²) in [7, 11) is 1.37. The first-order valence-electron chi connectivity index (χ1n) is 7.36. The molecule has 20 heavy (non-hydrogen) atoms. The zero-order valence-electron chi connectivity index (χ0n) is 12.3. The van der Waals surface area contributed by atoms with Crippen LogP contribution in [0.2, 0.25) is 0 Å². The molecule has 1 aromatic carbocycles. The molecule has 1 aliphatic rings. The molecule has 3 N–H and O–H groups in total. The highest BCUT2D eigenvalue weighted by molar-refractivity contribution is 5.91. The Morgan fingerprint density at radius 2 is 2.05 bits per heavy atom. The van der Waals surface area contributed by atoms with Crippen LogP contribution in [0.1, 0.15) is 49.4 Å². The van der Waals surface area contributed by atoms with Gasteiger partial charge < -0.3 is 15.8 Å². The van der Waals surface area contributed by atoms with E-state index in [9.17, 15) is 4.79 Å². The van der Waals surface area contributed by atoms with E-state index in [1.54, 1.807) is 12.1 Å².